The van der Waals surface area contributed by atoms with E-state index in [-0.39, 0.29) is 6.54 Å². The maximum atomic E-state index is 13.6. The first kappa shape index (κ1) is 20.5. The zero-order chi connectivity index (χ0) is 22.1. The molecule has 5 rings (SSSR count). The Morgan fingerprint density at radius 1 is 1.10 bits per heavy atom. The van der Waals surface area contributed by atoms with Gasteiger partial charge in [-0.05, 0) is 30.7 Å². The van der Waals surface area contributed by atoms with Gasteiger partial charge in [0.1, 0.15) is 24.0 Å². The van der Waals surface area contributed by atoms with E-state index in [2.05, 4.69) is 5.32 Å². The summed E-state index contributed by atoms with van der Waals surface area (Å²) in [7, 11) is 0. The smallest absolute Gasteiger partial charge is 0.291 e. The van der Waals surface area contributed by atoms with Crippen LogP contribution in [0.25, 0.3) is 0 Å². The fourth-order valence-corrected chi connectivity index (χ4v) is 5.75. The van der Waals surface area contributed by atoms with Gasteiger partial charge in [0.05, 0.1) is 17.3 Å². The van der Waals surface area contributed by atoms with Gasteiger partial charge in [-0.2, -0.15) is 0 Å². The van der Waals surface area contributed by atoms with E-state index < -0.39 is 47.2 Å². The minimum absolute atomic E-state index is 0.0109. The Balaban J connectivity index is 1.63. The molecule has 160 valence electrons. The van der Waals surface area contributed by atoms with Crippen molar-refractivity contribution in [3.63, 3.8) is 0 Å². The lowest BCUT2D eigenvalue weighted by Gasteiger charge is -2.27. The monoisotopic (exact) mass is 460 g/mol. The molecule has 2 fully saturated rings. The normalized spacial score (nSPS) is 30.0. The highest BCUT2D eigenvalue weighted by atomic mass is 35.5. The second-order valence-corrected chi connectivity index (χ2v) is 9.14. The zero-order valence-corrected chi connectivity index (χ0v) is 18.0. The first-order valence-electron chi connectivity index (χ1n) is 10.0. The lowest BCUT2D eigenvalue weighted by atomic mass is 9.76. The molecule has 31 heavy (non-hydrogen) atoms. The number of hydrogen-bond acceptors (Lipinski definition) is 4. The molecule has 2 aromatic rings. The molecule has 3 aliphatic rings. The largest absolute Gasteiger partial charge is 0.387 e. The Morgan fingerprint density at radius 3 is 2.52 bits per heavy atom. The van der Waals surface area contributed by atoms with Gasteiger partial charge in [0.2, 0.25) is 17.4 Å². The number of aliphatic hydroxyl groups excluding tert-OH is 1. The van der Waals surface area contributed by atoms with Gasteiger partial charge in [-0.25, -0.2) is 0 Å². The highest BCUT2D eigenvalue weighted by molar-refractivity contribution is 6.35. The second-order valence-electron chi connectivity index (χ2n) is 8.33. The minimum Gasteiger partial charge on any atom is -0.387 e. The number of benzene rings is 2. The summed E-state index contributed by atoms with van der Waals surface area (Å²) in [6, 6.07) is 11.4. The first-order valence-corrected chi connectivity index (χ1v) is 10.8. The number of likely N-dealkylation sites (tertiary alicyclic amines) is 1. The molecule has 2 aromatic carbocycles. The van der Waals surface area contributed by atoms with Gasteiger partial charge in [0.25, 0.3) is 5.91 Å². The Bertz CT molecular complexity index is 1140. The molecular formula is C22H20Cl2N3O4+. The number of nitrogens with zero attached hydrogens (tertiary/aromatic N) is 1. The van der Waals surface area contributed by atoms with E-state index in [1.54, 1.807) is 54.7 Å². The Kier molecular flexibility index (Phi) is 4.64. The van der Waals surface area contributed by atoms with E-state index in [0.717, 1.165) is 4.90 Å². The average Bonchev–Trinajstić information content (AvgIpc) is 3.32. The molecule has 3 heterocycles. The molecule has 0 radical (unpaired) electrons. The SMILES string of the molecule is C[C@@H](O)[C@H]1[NH2+][C@@]2(C(=O)Nc3c(Cl)cccc32)[C@H]2C(=O)N(Cc3ccccc3Cl)C(=O)[C@H]12. The maximum absolute atomic E-state index is 13.6. The van der Waals surface area contributed by atoms with Crippen molar-refractivity contribution in [2.24, 2.45) is 11.8 Å². The van der Waals surface area contributed by atoms with Crippen LogP contribution in [0.4, 0.5) is 5.69 Å². The summed E-state index contributed by atoms with van der Waals surface area (Å²) in [5.74, 6) is -3.06. The Labute approximate surface area is 188 Å². The third kappa shape index (κ3) is 2.70. The van der Waals surface area contributed by atoms with E-state index in [4.69, 9.17) is 23.2 Å². The first-order chi connectivity index (χ1) is 14.8. The highest BCUT2D eigenvalue weighted by Crippen LogP contribution is 2.51. The number of carbonyl (C=O) groups excluding carboxylic acids is 3. The highest BCUT2D eigenvalue weighted by Gasteiger charge is 2.75. The van der Waals surface area contributed by atoms with Gasteiger partial charge in [0.15, 0.2) is 0 Å². The summed E-state index contributed by atoms with van der Waals surface area (Å²) >= 11 is 12.6. The van der Waals surface area contributed by atoms with Crippen LogP contribution in [0.3, 0.4) is 0 Å². The van der Waals surface area contributed by atoms with E-state index in [0.29, 0.717) is 26.9 Å². The van der Waals surface area contributed by atoms with Crippen molar-refractivity contribution in [2.75, 3.05) is 5.32 Å². The number of carbonyl (C=O) groups is 3. The number of anilines is 1. The van der Waals surface area contributed by atoms with E-state index in [9.17, 15) is 19.5 Å². The topological polar surface area (TPSA) is 103 Å². The number of halogens is 2. The Morgan fingerprint density at radius 2 is 1.81 bits per heavy atom. The summed E-state index contributed by atoms with van der Waals surface area (Å²) in [5, 5.41) is 15.7. The molecule has 9 heteroatoms. The molecule has 2 saturated heterocycles. The van der Waals surface area contributed by atoms with Gasteiger partial charge in [-0.15, -0.1) is 0 Å². The van der Waals surface area contributed by atoms with Crippen LogP contribution in [0, 0.1) is 11.8 Å². The van der Waals surface area contributed by atoms with Crippen molar-refractivity contribution < 1.29 is 24.8 Å². The molecule has 0 aromatic heterocycles. The number of quaternary nitrogens is 1. The fraction of sp³-hybridized carbons (Fsp3) is 0.318. The number of rotatable bonds is 3. The molecular weight excluding hydrogens is 441 g/mol. The number of hydrogen-bond donors (Lipinski definition) is 3. The number of amides is 3. The van der Waals surface area contributed by atoms with Crippen molar-refractivity contribution in [1.82, 2.24) is 4.90 Å². The van der Waals surface area contributed by atoms with Crippen LogP contribution in [-0.2, 0) is 26.5 Å². The van der Waals surface area contributed by atoms with Gasteiger partial charge in [-0.1, -0.05) is 47.5 Å². The second kappa shape index (κ2) is 7.03. The van der Waals surface area contributed by atoms with Crippen molar-refractivity contribution in [3.05, 3.63) is 63.6 Å². The van der Waals surface area contributed by atoms with E-state index in [1.807, 2.05) is 0 Å². The number of para-hydroxylation sites is 1. The minimum atomic E-state index is -1.37. The maximum Gasteiger partial charge on any atom is 0.291 e. The van der Waals surface area contributed by atoms with Crippen LogP contribution in [0.1, 0.15) is 18.1 Å². The molecule has 0 saturated carbocycles. The third-order valence-corrected chi connectivity index (χ3v) is 7.40. The summed E-state index contributed by atoms with van der Waals surface area (Å²) in [6.07, 6.45) is -0.917. The average molecular weight is 461 g/mol. The summed E-state index contributed by atoms with van der Waals surface area (Å²) in [4.78, 5) is 41.5. The van der Waals surface area contributed by atoms with Crippen molar-refractivity contribution in [2.45, 2.75) is 31.2 Å². The Hall–Kier alpha value is -2.45. The standard InChI is InChI=1S/C22H19Cl2N3O4/c1-10(28)17-15-16(20(30)27(19(15)29)9-11-5-2-3-7-13(11)23)22(26-17)12-6-4-8-14(24)18(12)25-21(22)31/h2-8,10,15-17,26,28H,9H2,1H3,(H,25,31)/p+1/t10-,15+,16-,17-,22-/m1/s1. The fourth-order valence-electron chi connectivity index (χ4n) is 5.33. The predicted molar refractivity (Wildman–Crippen MR) is 113 cm³/mol. The van der Waals surface area contributed by atoms with Gasteiger partial charge in [-0.3, -0.25) is 19.3 Å². The van der Waals surface area contributed by atoms with E-state index in [1.165, 1.54) is 0 Å². The number of nitrogens with one attached hydrogen (secondary N) is 1. The molecule has 3 amide bonds. The predicted octanol–water partition coefficient (Wildman–Crippen LogP) is 1.27. The number of aliphatic hydroxyl groups is 1. The van der Waals surface area contributed by atoms with Crippen LogP contribution in [0.2, 0.25) is 10.0 Å². The lowest BCUT2D eigenvalue weighted by Crippen LogP contribution is -3.00. The van der Waals surface area contributed by atoms with E-state index >= 15 is 0 Å². The number of nitrogens with two attached hydrogens (primary N) is 1. The van der Waals surface area contributed by atoms with Gasteiger partial charge in [0, 0.05) is 10.6 Å². The van der Waals surface area contributed by atoms with Crippen LogP contribution in [0.5, 0.6) is 0 Å². The molecule has 0 unspecified atom stereocenters. The molecule has 1 spiro atoms. The van der Waals surface area contributed by atoms with Crippen LogP contribution >= 0.6 is 23.2 Å². The summed E-state index contributed by atoms with van der Waals surface area (Å²) in [5.41, 5.74) is 0.273. The van der Waals surface area contributed by atoms with Crippen molar-refractivity contribution in [3.8, 4) is 0 Å². The summed E-state index contributed by atoms with van der Waals surface area (Å²) < 4.78 is 0. The van der Waals surface area contributed by atoms with Crippen LogP contribution < -0.4 is 10.6 Å². The zero-order valence-electron chi connectivity index (χ0n) is 16.5. The quantitative estimate of drug-likeness (QED) is 0.599. The van der Waals surface area contributed by atoms with Gasteiger partial charge < -0.3 is 15.7 Å². The number of fused-ring (bicyclic) bond motifs is 4. The molecule has 7 nitrogen and oxygen atoms in total. The molecule has 4 N–H and O–H groups in total. The van der Waals surface area contributed by atoms with Crippen molar-refractivity contribution >= 4 is 46.6 Å². The van der Waals surface area contributed by atoms with Crippen molar-refractivity contribution in [1.29, 1.82) is 0 Å². The molecule has 5 atom stereocenters. The van der Waals surface area contributed by atoms with Crippen LogP contribution in [-0.4, -0.2) is 39.9 Å². The molecule has 0 bridgehead atoms. The summed E-state index contributed by atoms with van der Waals surface area (Å²) in [6.45, 7) is 1.58. The van der Waals surface area contributed by atoms with Crippen LogP contribution in [0.15, 0.2) is 42.5 Å². The molecule has 0 aliphatic carbocycles. The van der Waals surface area contributed by atoms with Gasteiger partial charge >= 0.3 is 0 Å². The molecule has 3 aliphatic heterocycles. The lowest BCUT2D eigenvalue weighted by molar-refractivity contribution is -0.738. The third-order valence-electron chi connectivity index (χ3n) is 6.72. The number of imide groups is 1.